The molecule has 0 heterocycles. The van der Waals surface area contributed by atoms with Gasteiger partial charge in [0.05, 0.1) is 13.2 Å². The fraction of sp³-hybridized carbons (Fsp3) is 0.417. The molecule has 0 unspecified atom stereocenters. The lowest BCUT2D eigenvalue weighted by Crippen LogP contribution is -2.42. The predicted octanol–water partition coefficient (Wildman–Crippen LogP) is 1.35. The maximum Gasteiger partial charge on any atom is 0.208 e. The number of hydrazine groups is 1. The molecular weight excluding hydrogens is 296 g/mol. The van der Waals surface area contributed by atoms with Crippen molar-refractivity contribution in [3.8, 4) is 0 Å². The van der Waals surface area contributed by atoms with E-state index in [4.69, 9.17) is 10.6 Å². The van der Waals surface area contributed by atoms with Crippen LogP contribution < -0.4 is 11.3 Å². The minimum atomic E-state index is 0.581. The van der Waals surface area contributed by atoms with Gasteiger partial charge < -0.3 is 9.64 Å². The molecule has 0 spiro atoms. The topological polar surface area (TPSA) is 62.9 Å². The molecule has 0 radical (unpaired) electrons. The number of methoxy groups -OCH3 is 1. The van der Waals surface area contributed by atoms with Crippen molar-refractivity contribution in [2.45, 2.75) is 6.54 Å². The third kappa shape index (κ3) is 5.03. The van der Waals surface area contributed by atoms with Crippen molar-refractivity contribution in [1.82, 2.24) is 10.3 Å². The lowest BCUT2D eigenvalue weighted by Gasteiger charge is -2.20. The van der Waals surface area contributed by atoms with E-state index in [2.05, 4.69) is 38.5 Å². The number of ether oxygens (including phenoxy) is 1. The lowest BCUT2D eigenvalue weighted by molar-refractivity contribution is 0.207. The van der Waals surface area contributed by atoms with Crippen LogP contribution in [0.3, 0.4) is 0 Å². The van der Waals surface area contributed by atoms with Crippen LogP contribution in [0.15, 0.2) is 33.7 Å². The van der Waals surface area contributed by atoms with Crippen molar-refractivity contribution in [3.63, 3.8) is 0 Å². The van der Waals surface area contributed by atoms with Crippen LogP contribution in [0.5, 0.6) is 0 Å². The van der Waals surface area contributed by atoms with Crippen molar-refractivity contribution in [1.29, 1.82) is 0 Å². The number of nitrogens with zero attached hydrogens (tertiary/aromatic N) is 2. The van der Waals surface area contributed by atoms with Crippen LogP contribution in [-0.4, -0.2) is 38.2 Å². The summed E-state index contributed by atoms with van der Waals surface area (Å²) in [7, 11) is 3.59. The van der Waals surface area contributed by atoms with Gasteiger partial charge in [-0.3, -0.25) is 5.43 Å². The predicted molar refractivity (Wildman–Crippen MR) is 77.1 cm³/mol. The second-order valence-corrected chi connectivity index (χ2v) is 4.74. The Morgan fingerprint density at radius 1 is 1.44 bits per heavy atom. The number of nitrogens with two attached hydrogens (primary N) is 1. The van der Waals surface area contributed by atoms with E-state index in [1.54, 1.807) is 7.11 Å². The Hall–Kier alpha value is -1.11. The normalized spacial score (nSPS) is 11.4. The van der Waals surface area contributed by atoms with Gasteiger partial charge in [0.1, 0.15) is 0 Å². The summed E-state index contributed by atoms with van der Waals surface area (Å²) in [5.74, 6) is 6.11. The molecule has 0 aliphatic rings. The van der Waals surface area contributed by atoms with Gasteiger partial charge in [0.15, 0.2) is 0 Å². The number of nitrogens with one attached hydrogen (secondary N) is 1. The number of halogens is 1. The zero-order chi connectivity index (χ0) is 13.4. The van der Waals surface area contributed by atoms with Crippen molar-refractivity contribution in [3.05, 3.63) is 34.3 Å². The summed E-state index contributed by atoms with van der Waals surface area (Å²) in [6.45, 7) is 1.90. The maximum atomic E-state index is 5.46. The molecule has 0 amide bonds. The van der Waals surface area contributed by atoms with Gasteiger partial charge in [-0.1, -0.05) is 28.1 Å². The molecule has 18 heavy (non-hydrogen) atoms. The summed E-state index contributed by atoms with van der Waals surface area (Å²) in [5.41, 5.74) is 3.79. The fourth-order valence-corrected chi connectivity index (χ4v) is 1.72. The fourth-order valence-electron chi connectivity index (χ4n) is 1.46. The molecule has 0 saturated carbocycles. The Kier molecular flexibility index (Phi) is 6.70. The van der Waals surface area contributed by atoms with Gasteiger partial charge in [0, 0.05) is 25.2 Å². The zero-order valence-corrected chi connectivity index (χ0v) is 12.3. The van der Waals surface area contributed by atoms with E-state index in [1.165, 1.54) is 5.56 Å². The van der Waals surface area contributed by atoms with Crippen LogP contribution in [0.4, 0.5) is 0 Å². The van der Waals surface area contributed by atoms with E-state index in [0.717, 1.165) is 11.0 Å². The second-order valence-electron chi connectivity index (χ2n) is 3.82. The highest BCUT2D eigenvalue weighted by Crippen LogP contribution is 2.11. The van der Waals surface area contributed by atoms with Gasteiger partial charge >= 0.3 is 0 Å². The Morgan fingerprint density at radius 3 is 2.67 bits per heavy atom. The summed E-state index contributed by atoms with van der Waals surface area (Å²) >= 11 is 3.41. The molecule has 100 valence electrons. The molecule has 1 aromatic rings. The molecule has 0 saturated heterocycles. The molecule has 0 aliphatic heterocycles. The highest BCUT2D eigenvalue weighted by atomic mass is 79.9. The van der Waals surface area contributed by atoms with Crippen molar-refractivity contribution in [2.75, 3.05) is 27.3 Å². The molecule has 0 fully saturated rings. The van der Waals surface area contributed by atoms with Gasteiger partial charge in [-0.2, -0.15) is 0 Å². The van der Waals surface area contributed by atoms with Gasteiger partial charge in [0.25, 0.3) is 0 Å². The molecule has 0 bridgehead atoms. The SMILES string of the molecule is COCCN=C(NN)N(C)Cc1ccc(Br)cc1. The molecule has 3 N–H and O–H groups in total. The van der Waals surface area contributed by atoms with E-state index in [-0.39, 0.29) is 0 Å². The van der Waals surface area contributed by atoms with Crippen LogP contribution in [-0.2, 0) is 11.3 Å². The van der Waals surface area contributed by atoms with Crippen LogP contribution in [0.25, 0.3) is 0 Å². The minimum absolute atomic E-state index is 0.581. The Morgan fingerprint density at radius 2 is 2.11 bits per heavy atom. The largest absolute Gasteiger partial charge is 0.383 e. The monoisotopic (exact) mass is 314 g/mol. The van der Waals surface area contributed by atoms with Crippen LogP contribution in [0.2, 0.25) is 0 Å². The van der Waals surface area contributed by atoms with Crippen LogP contribution in [0, 0.1) is 0 Å². The Balaban J connectivity index is 2.58. The number of hydrogen-bond acceptors (Lipinski definition) is 3. The average Bonchev–Trinajstić information content (AvgIpc) is 2.37. The summed E-state index contributed by atoms with van der Waals surface area (Å²) in [5, 5.41) is 0. The zero-order valence-electron chi connectivity index (χ0n) is 10.7. The average molecular weight is 315 g/mol. The van der Waals surface area contributed by atoms with E-state index in [9.17, 15) is 0 Å². The molecule has 5 nitrogen and oxygen atoms in total. The Labute approximate surface area is 116 Å². The molecule has 1 aromatic carbocycles. The number of aliphatic imine (C=N–C) groups is 1. The summed E-state index contributed by atoms with van der Waals surface area (Å²) in [4.78, 5) is 6.28. The second kappa shape index (κ2) is 8.07. The van der Waals surface area contributed by atoms with Crippen molar-refractivity contribution >= 4 is 21.9 Å². The number of hydrogen-bond donors (Lipinski definition) is 2. The highest BCUT2D eigenvalue weighted by molar-refractivity contribution is 9.10. The summed E-state index contributed by atoms with van der Waals surface area (Å²) < 4.78 is 6.02. The minimum Gasteiger partial charge on any atom is -0.383 e. The summed E-state index contributed by atoms with van der Waals surface area (Å²) in [6.07, 6.45) is 0. The van der Waals surface area contributed by atoms with E-state index >= 15 is 0 Å². The van der Waals surface area contributed by atoms with Crippen molar-refractivity contribution in [2.24, 2.45) is 10.8 Å². The van der Waals surface area contributed by atoms with E-state index < -0.39 is 0 Å². The van der Waals surface area contributed by atoms with E-state index in [0.29, 0.717) is 19.1 Å². The number of benzene rings is 1. The molecule has 0 aliphatic carbocycles. The molecular formula is C12H19BrN4O. The maximum absolute atomic E-state index is 5.46. The van der Waals surface area contributed by atoms with Crippen LogP contribution >= 0.6 is 15.9 Å². The highest BCUT2D eigenvalue weighted by Gasteiger charge is 2.05. The summed E-state index contributed by atoms with van der Waals surface area (Å²) in [6, 6.07) is 8.15. The Bertz CT molecular complexity index is 380. The molecule has 6 heteroatoms. The molecule has 0 atom stereocenters. The first kappa shape index (κ1) is 14.9. The first-order valence-corrected chi connectivity index (χ1v) is 6.42. The van der Waals surface area contributed by atoms with Gasteiger partial charge in [0.2, 0.25) is 5.96 Å². The van der Waals surface area contributed by atoms with Crippen molar-refractivity contribution < 1.29 is 4.74 Å². The first-order valence-electron chi connectivity index (χ1n) is 5.63. The van der Waals surface area contributed by atoms with Crippen LogP contribution in [0.1, 0.15) is 5.56 Å². The lowest BCUT2D eigenvalue weighted by atomic mass is 10.2. The smallest absolute Gasteiger partial charge is 0.208 e. The third-order valence-electron chi connectivity index (χ3n) is 2.38. The van der Waals surface area contributed by atoms with Gasteiger partial charge in [-0.05, 0) is 17.7 Å². The van der Waals surface area contributed by atoms with Gasteiger partial charge in [-0.15, -0.1) is 0 Å². The number of guanidine groups is 1. The third-order valence-corrected chi connectivity index (χ3v) is 2.91. The molecule has 0 aromatic heterocycles. The molecule has 1 rings (SSSR count). The number of rotatable bonds is 5. The quantitative estimate of drug-likeness (QED) is 0.283. The standard InChI is InChI=1S/C12H19BrN4O/c1-17(12(16-14)15-7-8-18-2)9-10-3-5-11(13)6-4-10/h3-6H,7-9,14H2,1-2H3,(H,15,16). The first-order chi connectivity index (χ1) is 8.67. The van der Waals surface area contributed by atoms with E-state index in [1.807, 2.05) is 24.1 Å². The van der Waals surface area contributed by atoms with Gasteiger partial charge in [-0.25, -0.2) is 10.8 Å².